The van der Waals surface area contributed by atoms with Gasteiger partial charge >= 0.3 is 0 Å². The molecule has 0 heterocycles. The van der Waals surface area contributed by atoms with Gasteiger partial charge in [-0.05, 0) is 239 Å². The molecular formula is C115H88N2. The topological polar surface area (TPSA) is 6.48 Å². The minimum absolute atomic E-state index is 0.256. The van der Waals surface area contributed by atoms with Crippen LogP contribution in [0.1, 0.15) is 151 Å². The average molecular weight is 1500 g/mol. The quantitative estimate of drug-likeness (QED) is 0.127. The van der Waals surface area contributed by atoms with E-state index in [0.717, 1.165) is 45.3 Å². The van der Waals surface area contributed by atoms with Crippen molar-refractivity contribution < 1.29 is 0 Å². The number of hydrogen-bond donors (Lipinski definition) is 0. The monoisotopic (exact) mass is 1500 g/mol. The van der Waals surface area contributed by atoms with Crippen LogP contribution in [0.2, 0.25) is 0 Å². The molecule has 0 aromatic heterocycles. The Labute approximate surface area is 686 Å². The van der Waals surface area contributed by atoms with Crippen LogP contribution in [0.5, 0.6) is 0 Å². The van der Waals surface area contributed by atoms with E-state index in [4.69, 9.17) is 6.58 Å². The molecule has 117 heavy (non-hydrogen) atoms. The van der Waals surface area contributed by atoms with Crippen LogP contribution in [0.25, 0.3) is 99.2 Å². The van der Waals surface area contributed by atoms with Crippen LogP contribution in [0.15, 0.2) is 370 Å². The van der Waals surface area contributed by atoms with E-state index in [9.17, 15) is 0 Å². The molecule has 2 heteroatoms. The van der Waals surface area contributed by atoms with E-state index >= 15 is 0 Å². The lowest BCUT2D eigenvalue weighted by Gasteiger charge is -2.51. The van der Waals surface area contributed by atoms with Crippen LogP contribution in [0, 0.1) is 0 Å². The van der Waals surface area contributed by atoms with Gasteiger partial charge in [-0.3, -0.25) is 0 Å². The number of hydrogen-bond acceptors (Lipinski definition) is 2. The molecule has 23 rings (SSSR count). The van der Waals surface area contributed by atoms with Gasteiger partial charge in [0.2, 0.25) is 0 Å². The van der Waals surface area contributed by atoms with Crippen molar-refractivity contribution in [1.82, 2.24) is 0 Å². The van der Waals surface area contributed by atoms with Crippen LogP contribution in [-0.4, -0.2) is 0 Å². The van der Waals surface area contributed by atoms with Crippen molar-refractivity contribution in [3.8, 4) is 55.6 Å². The van der Waals surface area contributed by atoms with Gasteiger partial charge in [-0.1, -0.05) is 365 Å². The molecule has 17 aromatic carbocycles. The summed E-state index contributed by atoms with van der Waals surface area (Å²) in [5, 5.41) is 7.20. The van der Waals surface area contributed by atoms with E-state index in [1.807, 2.05) is 0 Å². The molecule has 6 aliphatic carbocycles. The van der Waals surface area contributed by atoms with E-state index in [-0.39, 0.29) is 21.7 Å². The molecule has 0 amide bonds. The number of anilines is 5. The summed E-state index contributed by atoms with van der Waals surface area (Å²) in [6.45, 7) is 27.3. The first kappa shape index (κ1) is 69.1. The summed E-state index contributed by atoms with van der Waals surface area (Å²) in [6.07, 6.45) is 0. The Morgan fingerprint density at radius 2 is 0.581 bits per heavy atom. The zero-order valence-electron chi connectivity index (χ0n) is 67.7. The SMILES string of the molecule is C=C(c1ccccc1C1=C(C)C(c2ccccc2)(C2(c3ccccc3)c3ccc4ccccc4c3-c3c2cc(N(c2ccc4c(c2)C(C)(C)c2ccccc2-4)c2ccc4c(c2)C(C)(C)c2ccccc2-4)c2ccccc32)c2ccc3ccccc3c21)N(c1ccc2c(c1)C(C)(C)c1ccccc1-2)c1ccc2c(c1)C(C)(C)c1ccccc1-2. The van der Waals surface area contributed by atoms with Crippen LogP contribution < -0.4 is 9.80 Å². The summed E-state index contributed by atoms with van der Waals surface area (Å²) in [5.74, 6) is 0. The first-order valence-corrected chi connectivity index (χ1v) is 41.7. The third-order valence-corrected chi connectivity index (χ3v) is 28.8. The van der Waals surface area contributed by atoms with Crippen molar-refractivity contribution in [2.75, 3.05) is 9.80 Å². The normalized spacial score (nSPS) is 17.6. The Morgan fingerprint density at radius 1 is 0.248 bits per heavy atom. The molecule has 0 saturated heterocycles. The van der Waals surface area contributed by atoms with Gasteiger partial charge in [0.05, 0.1) is 16.5 Å². The van der Waals surface area contributed by atoms with E-state index in [1.165, 1.54) is 177 Å². The fourth-order valence-electron chi connectivity index (χ4n) is 23.5. The van der Waals surface area contributed by atoms with Crippen molar-refractivity contribution in [2.45, 2.75) is 94.8 Å². The van der Waals surface area contributed by atoms with Crippen LogP contribution in [0.3, 0.4) is 0 Å². The molecule has 0 N–H and O–H groups in total. The molecule has 0 aliphatic heterocycles. The highest BCUT2D eigenvalue weighted by Gasteiger charge is 2.65. The standard InChI is InChI=1S/C115H88N2/c1-70-106(92-47-23-21-39-80(92)71(2)116(76-55-59-87-83-42-25-29-49-94(83)110(3,4)100(87)65-76)77-56-60-88-84-43-26-30-50-95(84)111(5,6)101(88)66-77)107-81-40-19-17-33-72(81)53-63-98(107)114(70,74-35-13-11-14-36-74)115(75-37-15-12-16-38-75)99-64-54-73-34-18-20-41-82(73)108(99)109-93-48-24-22-46-91(93)105(69-104(109)115)117(78-57-61-89-85-44-27-31-51-96(85)112(7,8)102(89)67-78)79-58-62-90-86-45-28-32-52-97(86)113(9,10)103(90)68-79/h11-69H,2H2,1,3-10H3. The molecule has 17 aromatic rings. The predicted molar refractivity (Wildman–Crippen MR) is 492 cm³/mol. The fourth-order valence-corrected chi connectivity index (χ4v) is 23.5. The maximum absolute atomic E-state index is 5.49. The maximum Gasteiger partial charge on any atom is 0.0639 e. The largest absolute Gasteiger partial charge is 0.310 e. The Kier molecular flexibility index (Phi) is 14.5. The van der Waals surface area contributed by atoms with Crippen LogP contribution in [0.4, 0.5) is 28.4 Å². The Balaban J connectivity index is 0.835. The molecule has 558 valence electrons. The molecule has 0 spiro atoms. The van der Waals surface area contributed by atoms with Gasteiger partial charge in [-0.25, -0.2) is 0 Å². The maximum atomic E-state index is 5.49. The fraction of sp³-hybridized carbons (Fsp3) is 0.130. The number of fused-ring (bicyclic) bond motifs is 22. The van der Waals surface area contributed by atoms with Gasteiger partial charge in [0.1, 0.15) is 0 Å². The number of benzene rings is 17. The minimum atomic E-state index is -1.04. The molecule has 0 saturated carbocycles. The highest BCUT2D eigenvalue weighted by Crippen LogP contribution is 2.73. The van der Waals surface area contributed by atoms with Crippen molar-refractivity contribution in [3.05, 3.63) is 459 Å². The van der Waals surface area contributed by atoms with Gasteiger partial charge in [-0.15, -0.1) is 0 Å². The third-order valence-electron chi connectivity index (χ3n) is 28.8. The first-order valence-electron chi connectivity index (χ1n) is 41.7. The third kappa shape index (κ3) is 9.11. The lowest BCUT2D eigenvalue weighted by Crippen LogP contribution is -2.51. The summed E-state index contributed by atoms with van der Waals surface area (Å²) in [4.78, 5) is 5.16. The van der Waals surface area contributed by atoms with Crippen molar-refractivity contribution >= 4 is 72.0 Å². The molecule has 6 aliphatic rings. The molecule has 0 bridgehead atoms. The summed E-state index contributed by atoms with van der Waals surface area (Å²) in [6, 6.07) is 139. The van der Waals surface area contributed by atoms with Crippen molar-refractivity contribution in [3.63, 3.8) is 0 Å². The summed E-state index contributed by atoms with van der Waals surface area (Å²) < 4.78 is 0. The second-order valence-corrected chi connectivity index (χ2v) is 35.8. The predicted octanol–water partition coefficient (Wildman–Crippen LogP) is 29.8. The Morgan fingerprint density at radius 3 is 1.04 bits per heavy atom. The molecule has 0 radical (unpaired) electrons. The zero-order chi connectivity index (χ0) is 79.0. The van der Waals surface area contributed by atoms with Gasteiger partial charge in [0, 0.05) is 61.1 Å². The van der Waals surface area contributed by atoms with E-state index < -0.39 is 10.8 Å². The minimum Gasteiger partial charge on any atom is -0.310 e. The van der Waals surface area contributed by atoms with Crippen LogP contribution >= 0.6 is 0 Å². The molecule has 2 unspecified atom stereocenters. The second-order valence-electron chi connectivity index (χ2n) is 35.8. The van der Waals surface area contributed by atoms with Gasteiger partial charge in [-0.2, -0.15) is 0 Å². The number of nitrogens with zero attached hydrogens (tertiary/aromatic N) is 2. The van der Waals surface area contributed by atoms with Crippen molar-refractivity contribution in [1.29, 1.82) is 0 Å². The highest BCUT2D eigenvalue weighted by molar-refractivity contribution is 6.18. The zero-order valence-corrected chi connectivity index (χ0v) is 67.7. The molecule has 0 fully saturated rings. The van der Waals surface area contributed by atoms with Gasteiger partial charge in [0.15, 0.2) is 0 Å². The average Bonchev–Trinajstić information content (AvgIpc) is 1.47. The molecule has 2 atom stereocenters. The van der Waals surface area contributed by atoms with E-state index in [2.05, 4.69) is 430 Å². The lowest BCUT2D eigenvalue weighted by molar-refractivity contribution is 0.428. The molecular weight excluding hydrogens is 1410 g/mol. The van der Waals surface area contributed by atoms with Crippen LogP contribution in [-0.2, 0) is 32.5 Å². The Bertz CT molecular complexity index is 7020. The first-order chi connectivity index (χ1) is 56.9. The van der Waals surface area contributed by atoms with Crippen molar-refractivity contribution in [2.24, 2.45) is 0 Å². The van der Waals surface area contributed by atoms with Gasteiger partial charge < -0.3 is 9.80 Å². The highest BCUT2D eigenvalue weighted by atomic mass is 15.2. The smallest absolute Gasteiger partial charge is 0.0639 e. The summed E-state index contributed by atoms with van der Waals surface area (Å²) in [5.41, 5.74) is 38.8. The molecule has 2 nitrogen and oxygen atoms in total. The number of rotatable bonds is 11. The second kappa shape index (κ2) is 24.6. The number of allylic oxidation sites excluding steroid dienone is 1. The summed E-state index contributed by atoms with van der Waals surface area (Å²) >= 11 is 0. The Hall–Kier alpha value is -13.4. The van der Waals surface area contributed by atoms with Gasteiger partial charge in [0.25, 0.3) is 0 Å². The van der Waals surface area contributed by atoms with E-state index in [0.29, 0.717) is 0 Å². The lowest BCUT2D eigenvalue weighted by atomic mass is 9.49. The summed E-state index contributed by atoms with van der Waals surface area (Å²) in [7, 11) is 0. The van der Waals surface area contributed by atoms with E-state index in [1.54, 1.807) is 0 Å².